The number of benzene rings is 1. The molecule has 0 saturated heterocycles. The number of carbonyl (C=O) groups excluding carboxylic acids is 1. The summed E-state index contributed by atoms with van der Waals surface area (Å²) in [5.41, 5.74) is 1.17. The first-order valence-electron chi connectivity index (χ1n) is 8.22. The lowest BCUT2D eigenvalue weighted by molar-refractivity contribution is -0.124. The highest BCUT2D eigenvalue weighted by molar-refractivity contribution is 5.78. The summed E-state index contributed by atoms with van der Waals surface area (Å²) in [5.74, 6) is 1.04. The molecule has 1 rings (SSSR count). The number of ether oxygens (including phenoxy) is 1. The van der Waals surface area contributed by atoms with E-state index < -0.39 is 0 Å². The molecular formula is C18H30N2O2. The van der Waals surface area contributed by atoms with Crippen molar-refractivity contribution >= 4 is 5.91 Å². The average molecular weight is 306 g/mol. The van der Waals surface area contributed by atoms with Gasteiger partial charge in [-0.1, -0.05) is 39.8 Å². The predicted octanol–water partition coefficient (Wildman–Crippen LogP) is 3.24. The Bertz CT molecular complexity index is 458. The van der Waals surface area contributed by atoms with Crippen LogP contribution in [0.5, 0.6) is 5.75 Å². The summed E-state index contributed by atoms with van der Waals surface area (Å²) in [6, 6.07) is 8.26. The van der Waals surface area contributed by atoms with Crippen LogP contribution in [0, 0.1) is 5.92 Å². The van der Waals surface area contributed by atoms with Gasteiger partial charge in [0.1, 0.15) is 5.75 Å². The molecule has 0 bridgehead atoms. The fourth-order valence-electron chi connectivity index (χ4n) is 2.53. The van der Waals surface area contributed by atoms with Crippen LogP contribution in [0.2, 0.25) is 0 Å². The quantitative estimate of drug-likeness (QED) is 0.761. The van der Waals surface area contributed by atoms with Gasteiger partial charge in [0.25, 0.3) is 0 Å². The van der Waals surface area contributed by atoms with Gasteiger partial charge in [-0.3, -0.25) is 9.69 Å². The number of hydrogen-bond acceptors (Lipinski definition) is 3. The van der Waals surface area contributed by atoms with Gasteiger partial charge in [0.15, 0.2) is 0 Å². The van der Waals surface area contributed by atoms with Gasteiger partial charge in [0.05, 0.1) is 13.2 Å². The number of hydrogen-bond donors (Lipinski definition) is 1. The zero-order valence-corrected chi connectivity index (χ0v) is 14.6. The summed E-state index contributed by atoms with van der Waals surface area (Å²) in [4.78, 5) is 14.4. The number of carbonyl (C=O) groups is 1. The van der Waals surface area contributed by atoms with Crippen LogP contribution in [0.25, 0.3) is 0 Å². The second-order valence-corrected chi connectivity index (χ2v) is 5.57. The first kappa shape index (κ1) is 18.5. The standard InChI is InChI=1S/C18H30N2O2/c1-6-14(4)18(21)19-13-17(20(7-2)8-3)15-10-9-11-16(12-15)22-5/h9-12,14,17H,6-8,13H2,1-5H3,(H,19,21). The molecule has 2 atom stereocenters. The van der Waals surface area contributed by atoms with E-state index >= 15 is 0 Å². The minimum Gasteiger partial charge on any atom is -0.497 e. The molecule has 0 heterocycles. The Balaban J connectivity index is 2.90. The largest absolute Gasteiger partial charge is 0.497 e. The SMILES string of the molecule is CCC(C)C(=O)NCC(c1cccc(OC)c1)N(CC)CC. The fraction of sp³-hybridized carbons (Fsp3) is 0.611. The monoisotopic (exact) mass is 306 g/mol. The Labute approximate surface area is 134 Å². The maximum atomic E-state index is 12.1. The number of amides is 1. The van der Waals surface area contributed by atoms with Crippen molar-refractivity contribution in [2.45, 2.75) is 40.2 Å². The summed E-state index contributed by atoms with van der Waals surface area (Å²) >= 11 is 0. The average Bonchev–Trinajstić information content (AvgIpc) is 2.57. The van der Waals surface area contributed by atoms with Crippen LogP contribution in [0.3, 0.4) is 0 Å². The third-order valence-corrected chi connectivity index (χ3v) is 4.26. The second kappa shape index (κ2) is 9.46. The Morgan fingerprint density at radius 1 is 1.27 bits per heavy atom. The van der Waals surface area contributed by atoms with Crippen LogP contribution in [0.4, 0.5) is 0 Å². The van der Waals surface area contributed by atoms with E-state index in [1.54, 1.807) is 7.11 Å². The molecule has 0 aliphatic carbocycles. The molecule has 1 N–H and O–H groups in total. The highest BCUT2D eigenvalue weighted by Gasteiger charge is 2.20. The number of rotatable bonds is 9. The smallest absolute Gasteiger partial charge is 0.222 e. The summed E-state index contributed by atoms with van der Waals surface area (Å²) in [6.45, 7) is 10.8. The normalized spacial score (nSPS) is 13.7. The molecular weight excluding hydrogens is 276 g/mol. The van der Waals surface area contributed by atoms with Gasteiger partial charge in [0.2, 0.25) is 5.91 Å². The third-order valence-electron chi connectivity index (χ3n) is 4.26. The van der Waals surface area contributed by atoms with Crippen molar-refractivity contribution in [3.8, 4) is 5.75 Å². The van der Waals surface area contributed by atoms with Crippen molar-refractivity contribution in [2.75, 3.05) is 26.7 Å². The van der Waals surface area contributed by atoms with Gasteiger partial charge in [0, 0.05) is 12.5 Å². The summed E-state index contributed by atoms with van der Waals surface area (Å²) in [5, 5.41) is 3.10. The van der Waals surface area contributed by atoms with Gasteiger partial charge in [-0.2, -0.15) is 0 Å². The summed E-state index contributed by atoms with van der Waals surface area (Å²) in [7, 11) is 1.68. The lowest BCUT2D eigenvalue weighted by Crippen LogP contribution is -2.39. The lowest BCUT2D eigenvalue weighted by atomic mass is 10.0. The minimum atomic E-state index is 0.0580. The van der Waals surface area contributed by atoms with E-state index in [2.05, 4.69) is 36.2 Å². The van der Waals surface area contributed by atoms with Crippen LogP contribution in [0.1, 0.15) is 45.7 Å². The maximum absolute atomic E-state index is 12.1. The summed E-state index contributed by atoms with van der Waals surface area (Å²) < 4.78 is 5.33. The topological polar surface area (TPSA) is 41.6 Å². The highest BCUT2D eigenvalue weighted by Crippen LogP contribution is 2.24. The fourth-order valence-corrected chi connectivity index (χ4v) is 2.53. The van der Waals surface area contributed by atoms with Crippen LogP contribution in [0.15, 0.2) is 24.3 Å². The molecule has 1 aromatic rings. The molecule has 0 fully saturated rings. The molecule has 0 spiro atoms. The van der Waals surface area contributed by atoms with Gasteiger partial charge in [-0.05, 0) is 37.2 Å². The third kappa shape index (κ3) is 5.02. The zero-order chi connectivity index (χ0) is 16.5. The van der Waals surface area contributed by atoms with E-state index in [1.165, 1.54) is 5.56 Å². The van der Waals surface area contributed by atoms with Crippen LogP contribution >= 0.6 is 0 Å². The Hall–Kier alpha value is -1.55. The van der Waals surface area contributed by atoms with Crippen LogP contribution < -0.4 is 10.1 Å². The first-order valence-corrected chi connectivity index (χ1v) is 8.22. The van der Waals surface area contributed by atoms with Gasteiger partial charge in [-0.15, -0.1) is 0 Å². The molecule has 0 aliphatic rings. The zero-order valence-electron chi connectivity index (χ0n) is 14.6. The van der Waals surface area contributed by atoms with Crippen molar-refractivity contribution < 1.29 is 9.53 Å². The van der Waals surface area contributed by atoms with Gasteiger partial charge < -0.3 is 10.1 Å². The van der Waals surface area contributed by atoms with E-state index in [0.717, 1.165) is 25.3 Å². The first-order chi connectivity index (χ1) is 10.6. The Kier molecular flexibility index (Phi) is 7.96. The number of likely N-dealkylation sites (N-methyl/N-ethyl adjacent to an activating group) is 1. The number of nitrogens with zero attached hydrogens (tertiary/aromatic N) is 1. The minimum absolute atomic E-state index is 0.0580. The predicted molar refractivity (Wildman–Crippen MR) is 91.1 cm³/mol. The molecule has 0 saturated carbocycles. The van der Waals surface area contributed by atoms with Crippen molar-refractivity contribution in [2.24, 2.45) is 5.92 Å². The van der Waals surface area contributed by atoms with E-state index in [4.69, 9.17) is 4.74 Å². The van der Waals surface area contributed by atoms with Crippen molar-refractivity contribution in [1.82, 2.24) is 10.2 Å². The molecule has 0 radical (unpaired) electrons. The number of nitrogens with one attached hydrogen (secondary N) is 1. The molecule has 22 heavy (non-hydrogen) atoms. The van der Waals surface area contributed by atoms with Crippen molar-refractivity contribution in [1.29, 1.82) is 0 Å². The number of methoxy groups -OCH3 is 1. The molecule has 4 heteroatoms. The van der Waals surface area contributed by atoms with E-state index in [0.29, 0.717) is 6.54 Å². The molecule has 1 amide bonds. The Morgan fingerprint density at radius 3 is 2.50 bits per heavy atom. The molecule has 4 nitrogen and oxygen atoms in total. The van der Waals surface area contributed by atoms with Crippen molar-refractivity contribution in [3.05, 3.63) is 29.8 Å². The maximum Gasteiger partial charge on any atom is 0.222 e. The van der Waals surface area contributed by atoms with E-state index in [-0.39, 0.29) is 17.9 Å². The van der Waals surface area contributed by atoms with Gasteiger partial charge in [-0.25, -0.2) is 0 Å². The van der Waals surface area contributed by atoms with Gasteiger partial charge >= 0.3 is 0 Å². The molecule has 1 aromatic carbocycles. The summed E-state index contributed by atoms with van der Waals surface area (Å²) in [6.07, 6.45) is 0.862. The molecule has 2 unspecified atom stereocenters. The molecule has 0 aromatic heterocycles. The molecule has 0 aliphatic heterocycles. The highest BCUT2D eigenvalue weighted by atomic mass is 16.5. The van der Waals surface area contributed by atoms with Crippen molar-refractivity contribution in [3.63, 3.8) is 0 Å². The van der Waals surface area contributed by atoms with E-state index in [9.17, 15) is 4.79 Å². The second-order valence-electron chi connectivity index (χ2n) is 5.57. The Morgan fingerprint density at radius 2 is 1.95 bits per heavy atom. The molecule has 124 valence electrons. The van der Waals surface area contributed by atoms with Crippen LogP contribution in [-0.2, 0) is 4.79 Å². The van der Waals surface area contributed by atoms with Crippen LogP contribution in [-0.4, -0.2) is 37.6 Å². The van der Waals surface area contributed by atoms with E-state index in [1.807, 2.05) is 26.0 Å². The lowest BCUT2D eigenvalue weighted by Gasteiger charge is -2.30.